The van der Waals surface area contributed by atoms with E-state index in [0.29, 0.717) is 65.2 Å². The maximum atomic E-state index is 13.3. The summed E-state index contributed by atoms with van der Waals surface area (Å²) in [4.78, 5) is 32.9. The number of rotatable bonds is 5. The summed E-state index contributed by atoms with van der Waals surface area (Å²) < 4.78 is 4.95. The van der Waals surface area contributed by atoms with Crippen LogP contribution in [-0.4, -0.2) is 53.0 Å². The molecule has 0 unspecified atom stereocenters. The molecule has 3 heterocycles. The molecule has 1 aromatic heterocycles. The monoisotopic (exact) mass is 434 g/mol. The van der Waals surface area contributed by atoms with E-state index < -0.39 is 0 Å². The molecule has 2 aliphatic rings. The van der Waals surface area contributed by atoms with Crippen LogP contribution < -0.4 is 5.73 Å². The number of halogens is 2. The standard InChI is InChI=1S/C20H20Cl2N4O3/c1-11-14(9-23)17(13-3-2-12(21)8-15(13)22)18-16(24-11)10-26(19(18)27)5-4-25-6-7-29-20(25)28/h2-3,8H,4-7,9-10,23H2,1H3. The average Bonchev–Trinajstić information content (AvgIpc) is 3.22. The van der Waals surface area contributed by atoms with Crippen molar-refractivity contribution in [1.82, 2.24) is 14.8 Å². The minimum Gasteiger partial charge on any atom is -0.448 e. The number of fused-ring (bicyclic) bond motifs is 1. The van der Waals surface area contributed by atoms with Crippen LogP contribution in [0.15, 0.2) is 18.2 Å². The average molecular weight is 435 g/mol. The molecule has 0 saturated carbocycles. The van der Waals surface area contributed by atoms with Crippen molar-refractivity contribution >= 4 is 35.2 Å². The van der Waals surface area contributed by atoms with Crippen molar-refractivity contribution in [1.29, 1.82) is 0 Å². The van der Waals surface area contributed by atoms with E-state index in [1.807, 2.05) is 6.92 Å². The molecule has 0 aliphatic carbocycles. The first-order valence-electron chi connectivity index (χ1n) is 9.29. The quantitative estimate of drug-likeness (QED) is 0.779. The van der Waals surface area contributed by atoms with Gasteiger partial charge in [0.15, 0.2) is 0 Å². The Morgan fingerprint density at radius 2 is 1.93 bits per heavy atom. The highest BCUT2D eigenvalue weighted by molar-refractivity contribution is 6.36. The summed E-state index contributed by atoms with van der Waals surface area (Å²) in [6, 6.07) is 5.19. The normalized spacial score (nSPS) is 15.9. The van der Waals surface area contributed by atoms with Gasteiger partial charge in [0.1, 0.15) is 6.61 Å². The Morgan fingerprint density at radius 3 is 2.59 bits per heavy atom. The van der Waals surface area contributed by atoms with Crippen LogP contribution in [0.1, 0.15) is 27.3 Å². The second-order valence-electron chi connectivity index (χ2n) is 7.03. The zero-order valence-corrected chi connectivity index (χ0v) is 17.4. The minimum atomic E-state index is -0.345. The van der Waals surface area contributed by atoms with Gasteiger partial charge in [-0.3, -0.25) is 9.78 Å². The van der Waals surface area contributed by atoms with Gasteiger partial charge < -0.3 is 20.3 Å². The van der Waals surface area contributed by atoms with Gasteiger partial charge in [0.05, 0.1) is 24.3 Å². The van der Waals surface area contributed by atoms with Crippen molar-refractivity contribution in [2.45, 2.75) is 20.0 Å². The number of carbonyl (C=O) groups excluding carboxylic acids is 2. The highest BCUT2D eigenvalue weighted by Crippen LogP contribution is 2.39. The van der Waals surface area contributed by atoms with E-state index in [2.05, 4.69) is 4.98 Å². The maximum absolute atomic E-state index is 13.3. The van der Waals surface area contributed by atoms with Crippen LogP contribution in [0.25, 0.3) is 11.1 Å². The minimum absolute atomic E-state index is 0.143. The van der Waals surface area contributed by atoms with Crippen molar-refractivity contribution in [2.75, 3.05) is 26.2 Å². The van der Waals surface area contributed by atoms with E-state index in [-0.39, 0.29) is 18.5 Å². The Morgan fingerprint density at radius 1 is 1.17 bits per heavy atom. The van der Waals surface area contributed by atoms with Gasteiger partial charge in [-0.2, -0.15) is 0 Å². The van der Waals surface area contributed by atoms with E-state index >= 15 is 0 Å². The zero-order valence-electron chi connectivity index (χ0n) is 15.9. The molecule has 1 aromatic carbocycles. The van der Waals surface area contributed by atoms with Crippen molar-refractivity contribution in [3.05, 3.63) is 50.8 Å². The predicted octanol–water partition coefficient (Wildman–Crippen LogP) is 3.23. The number of nitrogens with two attached hydrogens (primary N) is 1. The van der Waals surface area contributed by atoms with Crippen LogP contribution in [0.3, 0.4) is 0 Å². The van der Waals surface area contributed by atoms with E-state index in [1.165, 1.54) is 0 Å². The molecule has 29 heavy (non-hydrogen) atoms. The molecule has 2 aromatic rings. The number of ether oxygens (including phenoxy) is 1. The van der Waals surface area contributed by atoms with Crippen LogP contribution in [-0.2, 0) is 17.8 Å². The Hall–Kier alpha value is -2.35. The fraction of sp³-hybridized carbons (Fsp3) is 0.350. The molecule has 0 spiro atoms. The number of nitrogens with zero attached hydrogens (tertiary/aromatic N) is 3. The van der Waals surface area contributed by atoms with Crippen LogP contribution in [0.4, 0.5) is 4.79 Å². The lowest BCUT2D eigenvalue weighted by Gasteiger charge is -2.19. The number of carbonyl (C=O) groups is 2. The number of aryl methyl sites for hydroxylation is 1. The fourth-order valence-corrected chi connectivity index (χ4v) is 4.35. The molecule has 1 fully saturated rings. The van der Waals surface area contributed by atoms with Gasteiger partial charge in [-0.05, 0) is 24.6 Å². The van der Waals surface area contributed by atoms with Gasteiger partial charge in [0.2, 0.25) is 0 Å². The lowest BCUT2D eigenvalue weighted by atomic mass is 9.93. The first kappa shape index (κ1) is 19.9. The second kappa shape index (κ2) is 7.82. The largest absolute Gasteiger partial charge is 0.448 e. The first-order chi connectivity index (χ1) is 13.9. The Balaban J connectivity index is 1.72. The number of cyclic esters (lactones) is 1. The smallest absolute Gasteiger partial charge is 0.409 e. The maximum Gasteiger partial charge on any atom is 0.409 e. The number of amides is 2. The molecular weight excluding hydrogens is 415 g/mol. The topological polar surface area (TPSA) is 88.8 Å². The van der Waals surface area contributed by atoms with Crippen LogP contribution in [0.2, 0.25) is 10.0 Å². The van der Waals surface area contributed by atoms with E-state index in [0.717, 1.165) is 11.3 Å². The van der Waals surface area contributed by atoms with Gasteiger partial charge in [-0.25, -0.2) is 4.79 Å². The van der Waals surface area contributed by atoms with Crippen LogP contribution >= 0.6 is 23.2 Å². The predicted molar refractivity (Wildman–Crippen MR) is 110 cm³/mol. The number of benzene rings is 1. The third kappa shape index (κ3) is 3.54. The van der Waals surface area contributed by atoms with Crippen molar-refractivity contribution in [3.8, 4) is 11.1 Å². The molecular formula is C20H20Cl2N4O3. The molecule has 2 N–H and O–H groups in total. The fourth-order valence-electron chi connectivity index (χ4n) is 3.85. The van der Waals surface area contributed by atoms with Crippen LogP contribution in [0, 0.1) is 6.92 Å². The third-order valence-electron chi connectivity index (χ3n) is 5.31. The summed E-state index contributed by atoms with van der Waals surface area (Å²) in [6.07, 6.45) is -0.345. The summed E-state index contributed by atoms with van der Waals surface area (Å²) in [6.45, 7) is 4.21. The summed E-state index contributed by atoms with van der Waals surface area (Å²) in [5.74, 6) is -0.143. The SMILES string of the molecule is Cc1nc2c(c(-c3ccc(Cl)cc3Cl)c1CN)C(=O)N(CCN1CCOC1=O)C2. The molecule has 4 rings (SSSR count). The van der Waals surface area contributed by atoms with Gasteiger partial charge in [0.25, 0.3) is 5.91 Å². The highest BCUT2D eigenvalue weighted by Gasteiger charge is 2.35. The Kier molecular flexibility index (Phi) is 5.38. The molecule has 0 radical (unpaired) electrons. The number of hydrogen-bond donors (Lipinski definition) is 1. The molecule has 0 bridgehead atoms. The van der Waals surface area contributed by atoms with Crippen molar-refractivity contribution in [2.24, 2.45) is 5.73 Å². The third-order valence-corrected chi connectivity index (χ3v) is 5.86. The molecule has 7 nitrogen and oxygen atoms in total. The first-order valence-corrected chi connectivity index (χ1v) is 10.0. The molecule has 0 atom stereocenters. The zero-order chi connectivity index (χ0) is 20.7. The van der Waals surface area contributed by atoms with E-state index in [9.17, 15) is 9.59 Å². The molecule has 2 amide bonds. The van der Waals surface area contributed by atoms with Gasteiger partial charge in [0, 0.05) is 46.5 Å². The lowest BCUT2D eigenvalue weighted by Crippen LogP contribution is -2.35. The second-order valence-corrected chi connectivity index (χ2v) is 7.87. The van der Waals surface area contributed by atoms with Crippen molar-refractivity contribution in [3.63, 3.8) is 0 Å². The Labute approximate surface area is 178 Å². The van der Waals surface area contributed by atoms with Crippen molar-refractivity contribution < 1.29 is 14.3 Å². The summed E-state index contributed by atoms with van der Waals surface area (Å²) in [7, 11) is 0. The van der Waals surface area contributed by atoms with Gasteiger partial charge >= 0.3 is 6.09 Å². The molecule has 9 heteroatoms. The summed E-state index contributed by atoms with van der Waals surface area (Å²) in [5.41, 5.74) is 10.2. The number of pyridine rings is 1. The molecule has 2 aliphatic heterocycles. The molecule has 152 valence electrons. The molecule has 1 saturated heterocycles. The Bertz CT molecular complexity index is 1010. The van der Waals surface area contributed by atoms with Crippen LogP contribution in [0.5, 0.6) is 0 Å². The summed E-state index contributed by atoms with van der Waals surface area (Å²) >= 11 is 12.5. The van der Waals surface area contributed by atoms with Gasteiger partial charge in [-0.1, -0.05) is 29.3 Å². The number of hydrogen-bond acceptors (Lipinski definition) is 5. The lowest BCUT2D eigenvalue weighted by molar-refractivity contribution is 0.0764. The number of aromatic nitrogens is 1. The van der Waals surface area contributed by atoms with E-state index in [1.54, 1.807) is 28.0 Å². The van der Waals surface area contributed by atoms with E-state index in [4.69, 9.17) is 33.7 Å². The van der Waals surface area contributed by atoms with Gasteiger partial charge in [-0.15, -0.1) is 0 Å². The summed E-state index contributed by atoms with van der Waals surface area (Å²) in [5, 5.41) is 0.965. The highest BCUT2D eigenvalue weighted by atomic mass is 35.5.